The number of halogens is 3. The van der Waals surface area contributed by atoms with Gasteiger partial charge < -0.3 is 14.6 Å². The fraction of sp³-hybridized carbons (Fsp3) is 0.250. The summed E-state index contributed by atoms with van der Waals surface area (Å²) in [5.74, 6) is 1.51. The van der Waals surface area contributed by atoms with Gasteiger partial charge in [-0.3, -0.25) is 9.80 Å². The Labute approximate surface area is 222 Å². The second-order valence-electron chi connectivity index (χ2n) is 9.00. The van der Waals surface area contributed by atoms with E-state index in [2.05, 4.69) is 9.97 Å². The molecule has 39 heavy (non-hydrogen) atoms. The van der Waals surface area contributed by atoms with E-state index in [1.807, 2.05) is 6.92 Å². The molecule has 0 saturated carbocycles. The Balaban J connectivity index is 1.47. The summed E-state index contributed by atoms with van der Waals surface area (Å²) >= 11 is 0. The van der Waals surface area contributed by atoms with Crippen molar-refractivity contribution in [3.05, 3.63) is 77.6 Å². The van der Waals surface area contributed by atoms with Crippen molar-refractivity contribution in [2.45, 2.75) is 32.7 Å². The van der Waals surface area contributed by atoms with Gasteiger partial charge in [0.2, 0.25) is 5.88 Å². The van der Waals surface area contributed by atoms with Gasteiger partial charge in [-0.25, -0.2) is 14.8 Å². The summed E-state index contributed by atoms with van der Waals surface area (Å²) in [6.07, 6.45) is -3.88. The molecule has 1 fully saturated rings. The van der Waals surface area contributed by atoms with Crippen LogP contribution in [0.3, 0.4) is 0 Å². The van der Waals surface area contributed by atoms with Crippen LogP contribution in [-0.2, 0) is 12.6 Å². The van der Waals surface area contributed by atoms with Crippen LogP contribution in [0.5, 0.6) is 17.4 Å². The first-order valence-corrected chi connectivity index (χ1v) is 12.2. The molecule has 11 heteroatoms. The largest absolute Gasteiger partial charge is 0.497 e. The quantitative estimate of drug-likeness (QED) is 0.320. The molecule has 0 radical (unpaired) electrons. The molecular formula is C28H25F3N4O4. The van der Waals surface area contributed by atoms with Crippen LogP contribution in [-0.4, -0.2) is 41.0 Å². The monoisotopic (exact) mass is 538 g/mol. The maximum absolute atomic E-state index is 13.4. The summed E-state index contributed by atoms with van der Waals surface area (Å²) < 4.78 is 51.2. The van der Waals surface area contributed by atoms with E-state index in [-0.39, 0.29) is 12.2 Å². The lowest BCUT2D eigenvalue weighted by atomic mass is 10.0. The Morgan fingerprint density at radius 3 is 2.62 bits per heavy atom. The third-order valence-electron chi connectivity index (χ3n) is 6.72. The van der Waals surface area contributed by atoms with Crippen molar-refractivity contribution in [2.75, 3.05) is 23.5 Å². The van der Waals surface area contributed by atoms with E-state index in [9.17, 15) is 23.1 Å². The lowest BCUT2D eigenvalue weighted by Crippen LogP contribution is -2.35. The van der Waals surface area contributed by atoms with Gasteiger partial charge in [0.15, 0.2) is 6.23 Å². The van der Waals surface area contributed by atoms with Crippen LogP contribution >= 0.6 is 0 Å². The predicted octanol–water partition coefficient (Wildman–Crippen LogP) is 6.09. The Morgan fingerprint density at radius 1 is 1.10 bits per heavy atom. The molecule has 1 aliphatic heterocycles. The van der Waals surface area contributed by atoms with Crippen molar-refractivity contribution < 1.29 is 32.5 Å². The van der Waals surface area contributed by atoms with Gasteiger partial charge in [-0.05, 0) is 66.9 Å². The van der Waals surface area contributed by atoms with E-state index in [4.69, 9.17) is 9.47 Å². The summed E-state index contributed by atoms with van der Waals surface area (Å²) in [6.45, 7) is 3.55. The van der Waals surface area contributed by atoms with E-state index < -0.39 is 24.0 Å². The number of amides is 2. The molecule has 0 bridgehead atoms. The van der Waals surface area contributed by atoms with E-state index in [0.717, 1.165) is 22.6 Å². The average molecular weight is 539 g/mol. The van der Waals surface area contributed by atoms with Crippen LogP contribution in [0.4, 0.5) is 29.3 Å². The Hall–Kier alpha value is -4.38. The zero-order valence-electron chi connectivity index (χ0n) is 21.4. The first-order chi connectivity index (χ1) is 18.6. The average Bonchev–Trinajstić information content (AvgIpc) is 3.22. The molecule has 2 amide bonds. The number of anilines is 2. The second-order valence-corrected chi connectivity index (χ2v) is 9.00. The summed E-state index contributed by atoms with van der Waals surface area (Å²) in [5.41, 5.74) is 1.73. The maximum Gasteiger partial charge on any atom is 0.416 e. The van der Waals surface area contributed by atoms with Crippen LogP contribution in [0.1, 0.15) is 23.6 Å². The highest BCUT2D eigenvalue weighted by Gasteiger charge is 2.40. The van der Waals surface area contributed by atoms with Crippen LogP contribution in [0, 0.1) is 6.92 Å². The lowest BCUT2D eigenvalue weighted by molar-refractivity contribution is -0.137. The van der Waals surface area contributed by atoms with Gasteiger partial charge in [-0.2, -0.15) is 13.2 Å². The molecule has 1 aromatic heterocycles. The van der Waals surface area contributed by atoms with E-state index >= 15 is 0 Å². The van der Waals surface area contributed by atoms with Gasteiger partial charge in [0.25, 0.3) is 0 Å². The first kappa shape index (κ1) is 26.2. The predicted molar refractivity (Wildman–Crippen MR) is 139 cm³/mol. The molecule has 1 aliphatic rings. The van der Waals surface area contributed by atoms with Gasteiger partial charge in [0, 0.05) is 11.8 Å². The minimum atomic E-state index is -4.55. The molecule has 202 valence electrons. The molecule has 5 rings (SSSR count). The number of nitrogens with zero attached hydrogens (tertiary/aromatic N) is 4. The van der Waals surface area contributed by atoms with Crippen LogP contribution < -0.4 is 19.3 Å². The SMILES string of the molecule is CCc1c(Oc2ncnc3cc(OC)ccc23)ccc(N2C(=O)N(c3cccc(C(F)(F)F)c3)CC2O)c1C. The van der Waals surface area contributed by atoms with Gasteiger partial charge in [0.05, 0.1) is 35.8 Å². The number of hydrogen-bond donors (Lipinski definition) is 1. The number of carbonyl (C=O) groups is 1. The highest BCUT2D eigenvalue weighted by atomic mass is 19.4. The third-order valence-corrected chi connectivity index (χ3v) is 6.72. The number of rotatable bonds is 6. The lowest BCUT2D eigenvalue weighted by Gasteiger charge is -2.24. The van der Waals surface area contributed by atoms with Gasteiger partial charge in [0.1, 0.15) is 17.8 Å². The van der Waals surface area contributed by atoms with Crippen LogP contribution in [0.25, 0.3) is 10.9 Å². The van der Waals surface area contributed by atoms with Crippen molar-refractivity contribution >= 4 is 28.3 Å². The molecule has 1 saturated heterocycles. The number of alkyl halides is 3. The standard InChI is InChI=1S/C28H25F3N4O4/c1-4-20-16(2)23(10-11-24(20)39-26-21-9-8-19(38-3)13-22(21)32-15-33-26)35-25(36)14-34(27(35)37)18-7-5-6-17(12-18)28(29,30)31/h5-13,15,25,36H,4,14H2,1-3H3. The highest BCUT2D eigenvalue weighted by molar-refractivity contribution is 6.07. The topological polar surface area (TPSA) is 88.0 Å². The molecule has 1 atom stereocenters. The molecule has 1 N–H and O–H groups in total. The smallest absolute Gasteiger partial charge is 0.416 e. The number of urea groups is 1. The minimum absolute atomic E-state index is 0.0527. The second kappa shape index (κ2) is 10.1. The van der Waals surface area contributed by atoms with Crippen molar-refractivity contribution in [3.8, 4) is 17.4 Å². The Kier molecular flexibility index (Phi) is 6.77. The molecule has 0 spiro atoms. The third kappa shape index (κ3) is 4.81. The highest BCUT2D eigenvalue weighted by Crippen LogP contribution is 2.39. The molecule has 2 heterocycles. The van der Waals surface area contributed by atoms with E-state index in [1.165, 1.54) is 23.4 Å². The van der Waals surface area contributed by atoms with Crippen molar-refractivity contribution in [1.82, 2.24) is 9.97 Å². The van der Waals surface area contributed by atoms with E-state index in [1.54, 1.807) is 44.4 Å². The molecule has 1 unspecified atom stereocenters. The number of aromatic nitrogens is 2. The molecule has 8 nitrogen and oxygen atoms in total. The van der Waals surface area contributed by atoms with Gasteiger partial charge in [-0.1, -0.05) is 13.0 Å². The van der Waals surface area contributed by atoms with Crippen molar-refractivity contribution in [2.24, 2.45) is 0 Å². The summed E-state index contributed by atoms with van der Waals surface area (Å²) in [6, 6.07) is 12.5. The Bertz CT molecular complexity index is 1560. The van der Waals surface area contributed by atoms with E-state index in [0.29, 0.717) is 46.0 Å². The first-order valence-electron chi connectivity index (χ1n) is 12.2. The Morgan fingerprint density at radius 2 is 1.90 bits per heavy atom. The number of methoxy groups -OCH3 is 1. The van der Waals surface area contributed by atoms with Crippen molar-refractivity contribution in [1.29, 1.82) is 0 Å². The fourth-order valence-corrected chi connectivity index (χ4v) is 4.75. The number of hydrogen-bond acceptors (Lipinski definition) is 6. The fourth-order valence-electron chi connectivity index (χ4n) is 4.75. The molecule has 0 aliphatic carbocycles. The number of aliphatic hydroxyl groups is 1. The zero-order valence-corrected chi connectivity index (χ0v) is 21.4. The number of β-amino-alcohol motifs (C(OH)–C–C–N with tert-alkyl or cyclic N) is 1. The van der Waals surface area contributed by atoms with Gasteiger partial charge >= 0.3 is 12.2 Å². The van der Waals surface area contributed by atoms with Crippen molar-refractivity contribution in [3.63, 3.8) is 0 Å². The van der Waals surface area contributed by atoms with Gasteiger partial charge in [-0.15, -0.1) is 0 Å². The normalized spacial score (nSPS) is 15.8. The summed E-state index contributed by atoms with van der Waals surface area (Å²) in [4.78, 5) is 24.2. The zero-order chi connectivity index (χ0) is 27.9. The summed E-state index contributed by atoms with van der Waals surface area (Å²) in [7, 11) is 1.57. The number of ether oxygens (including phenoxy) is 2. The number of carbonyl (C=O) groups excluding carboxylic acids is 1. The molecule has 4 aromatic rings. The number of aliphatic hydroxyl groups excluding tert-OH is 1. The van der Waals surface area contributed by atoms with Crippen LogP contribution in [0.15, 0.2) is 60.9 Å². The summed E-state index contributed by atoms with van der Waals surface area (Å²) in [5, 5.41) is 11.5. The molecule has 3 aromatic carbocycles. The number of fused-ring (bicyclic) bond motifs is 1. The number of benzene rings is 3. The minimum Gasteiger partial charge on any atom is -0.497 e. The maximum atomic E-state index is 13.4. The van der Waals surface area contributed by atoms with Crippen LogP contribution in [0.2, 0.25) is 0 Å². The molecular weight excluding hydrogens is 513 g/mol.